The third kappa shape index (κ3) is 3.40. The minimum atomic E-state index is -3.09. The van der Waals surface area contributed by atoms with E-state index in [-0.39, 0.29) is 6.04 Å². The molecular weight excluding hydrogens is 276 g/mol. The number of nitrogens with zero attached hydrogens (tertiary/aromatic N) is 2. The van der Waals surface area contributed by atoms with Crippen LogP contribution in [0.1, 0.15) is 18.4 Å². The topological polar surface area (TPSA) is 99.2 Å². The molecule has 0 radical (unpaired) electrons. The molecule has 0 atom stereocenters. The van der Waals surface area contributed by atoms with E-state index in [9.17, 15) is 8.42 Å². The van der Waals surface area contributed by atoms with Gasteiger partial charge in [0.25, 0.3) is 0 Å². The maximum Gasteiger partial charge on any atom is 0.211 e. The Kier molecular flexibility index (Phi) is 4.16. The van der Waals surface area contributed by atoms with Crippen LogP contribution in [0.2, 0.25) is 0 Å². The summed E-state index contributed by atoms with van der Waals surface area (Å²) in [4.78, 5) is 0. The van der Waals surface area contributed by atoms with Gasteiger partial charge in [-0.3, -0.25) is 0 Å². The summed E-state index contributed by atoms with van der Waals surface area (Å²) >= 11 is 0. The van der Waals surface area contributed by atoms with Crippen LogP contribution in [0, 0.1) is 11.3 Å². The van der Waals surface area contributed by atoms with E-state index >= 15 is 0 Å². The number of hydrogen-bond acceptors (Lipinski definition) is 5. The van der Waals surface area contributed by atoms with E-state index in [2.05, 4.69) is 5.32 Å². The van der Waals surface area contributed by atoms with Crippen molar-refractivity contribution in [3.63, 3.8) is 0 Å². The van der Waals surface area contributed by atoms with Crippen LogP contribution in [0.15, 0.2) is 18.2 Å². The van der Waals surface area contributed by atoms with Crippen molar-refractivity contribution in [3.8, 4) is 6.07 Å². The number of rotatable bonds is 3. The number of benzene rings is 1. The molecule has 108 valence electrons. The van der Waals surface area contributed by atoms with E-state index in [4.69, 9.17) is 11.0 Å². The highest BCUT2D eigenvalue weighted by atomic mass is 32.2. The molecular formula is C13H18N4O2S. The number of anilines is 2. The lowest BCUT2D eigenvalue weighted by Crippen LogP contribution is -2.41. The van der Waals surface area contributed by atoms with Crippen LogP contribution in [-0.4, -0.2) is 38.1 Å². The standard InChI is InChI=1S/C13H18N4O2S/c1-20(18,19)17-6-4-11(5-7-17)16-13-3-2-10(9-14)8-12(13)15/h2-3,8,11,16H,4-7,15H2,1H3. The smallest absolute Gasteiger partial charge is 0.211 e. The van der Waals surface area contributed by atoms with Crippen LogP contribution in [0.5, 0.6) is 0 Å². The highest BCUT2D eigenvalue weighted by Crippen LogP contribution is 2.23. The fraction of sp³-hybridized carbons (Fsp3) is 0.462. The average molecular weight is 294 g/mol. The van der Waals surface area contributed by atoms with E-state index < -0.39 is 10.0 Å². The van der Waals surface area contributed by atoms with E-state index in [1.54, 1.807) is 18.2 Å². The number of hydrogen-bond donors (Lipinski definition) is 2. The number of nitrogens with two attached hydrogens (primary N) is 1. The summed E-state index contributed by atoms with van der Waals surface area (Å²) in [5.74, 6) is 0. The van der Waals surface area contributed by atoms with Crippen LogP contribution in [0.4, 0.5) is 11.4 Å². The molecule has 0 amide bonds. The average Bonchev–Trinajstić information content (AvgIpc) is 2.40. The highest BCUT2D eigenvalue weighted by molar-refractivity contribution is 7.88. The summed E-state index contributed by atoms with van der Waals surface area (Å²) in [6.45, 7) is 1.04. The van der Waals surface area contributed by atoms with Crippen molar-refractivity contribution in [2.24, 2.45) is 0 Å². The lowest BCUT2D eigenvalue weighted by Gasteiger charge is -2.31. The van der Waals surface area contributed by atoms with Gasteiger partial charge in [-0.2, -0.15) is 5.26 Å². The Hall–Kier alpha value is -1.78. The Labute approximate surface area is 119 Å². The summed E-state index contributed by atoms with van der Waals surface area (Å²) in [5, 5.41) is 12.1. The number of piperidine rings is 1. The molecule has 3 N–H and O–H groups in total. The third-order valence-electron chi connectivity index (χ3n) is 3.46. The highest BCUT2D eigenvalue weighted by Gasteiger charge is 2.24. The van der Waals surface area contributed by atoms with Crippen molar-refractivity contribution in [1.29, 1.82) is 5.26 Å². The largest absolute Gasteiger partial charge is 0.397 e. The molecule has 0 unspecified atom stereocenters. The molecule has 7 heteroatoms. The monoisotopic (exact) mass is 294 g/mol. The Balaban J connectivity index is 1.98. The summed E-state index contributed by atoms with van der Waals surface area (Å²) in [6, 6.07) is 7.37. The van der Waals surface area contributed by atoms with E-state index in [1.807, 2.05) is 6.07 Å². The normalized spacial score (nSPS) is 17.6. The Morgan fingerprint density at radius 2 is 2.05 bits per heavy atom. The number of nitriles is 1. The maximum atomic E-state index is 11.4. The van der Waals surface area contributed by atoms with Crippen molar-refractivity contribution in [1.82, 2.24) is 4.31 Å². The molecule has 20 heavy (non-hydrogen) atoms. The van der Waals surface area contributed by atoms with Gasteiger partial charge in [0.15, 0.2) is 0 Å². The fourth-order valence-corrected chi connectivity index (χ4v) is 3.19. The second kappa shape index (κ2) is 5.69. The molecule has 0 spiro atoms. The molecule has 1 heterocycles. The van der Waals surface area contributed by atoms with Gasteiger partial charge < -0.3 is 11.1 Å². The summed E-state index contributed by atoms with van der Waals surface area (Å²) in [7, 11) is -3.09. The Morgan fingerprint density at radius 1 is 1.40 bits per heavy atom. The third-order valence-corrected chi connectivity index (χ3v) is 4.77. The van der Waals surface area contributed by atoms with Crippen LogP contribution in [-0.2, 0) is 10.0 Å². The summed E-state index contributed by atoms with van der Waals surface area (Å²) in [6.07, 6.45) is 2.72. The lowest BCUT2D eigenvalue weighted by atomic mass is 10.1. The molecule has 0 aromatic heterocycles. The molecule has 6 nitrogen and oxygen atoms in total. The molecule has 0 saturated carbocycles. The predicted molar refractivity (Wildman–Crippen MR) is 78.6 cm³/mol. The van der Waals surface area contributed by atoms with Gasteiger partial charge in [-0.15, -0.1) is 0 Å². The van der Waals surface area contributed by atoms with Crippen LogP contribution in [0.3, 0.4) is 0 Å². The van der Waals surface area contributed by atoms with E-state index in [1.165, 1.54) is 10.6 Å². The second-order valence-electron chi connectivity index (χ2n) is 4.99. The van der Waals surface area contributed by atoms with Gasteiger partial charge in [0.05, 0.1) is 29.3 Å². The summed E-state index contributed by atoms with van der Waals surface area (Å²) < 4.78 is 24.4. The van der Waals surface area contributed by atoms with Crippen LogP contribution < -0.4 is 11.1 Å². The van der Waals surface area contributed by atoms with Crippen molar-refractivity contribution in [2.75, 3.05) is 30.4 Å². The first-order chi connectivity index (χ1) is 9.40. The van der Waals surface area contributed by atoms with Gasteiger partial charge in [0, 0.05) is 19.1 Å². The van der Waals surface area contributed by atoms with Crippen LogP contribution >= 0.6 is 0 Å². The summed E-state index contributed by atoms with van der Waals surface area (Å²) in [5.41, 5.74) is 7.75. The first kappa shape index (κ1) is 14.6. The molecule has 0 bridgehead atoms. The fourth-order valence-electron chi connectivity index (χ4n) is 2.32. The predicted octanol–water partition coefficient (Wildman–Crippen LogP) is 0.976. The molecule has 1 aliphatic heterocycles. The minimum Gasteiger partial charge on any atom is -0.397 e. The molecule has 1 aliphatic rings. The number of nitrogen functional groups attached to an aromatic ring is 1. The van der Waals surface area contributed by atoms with Crippen LogP contribution in [0.25, 0.3) is 0 Å². The van der Waals surface area contributed by atoms with Crippen molar-refractivity contribution < 1.29 is 8.42 Å². The van der Waals surface area contributed by atoms with Gasteiger partial charge in [0.2, 0.25) is 10.0 Å². The van der Waals surface area contributed by atoms with Gasteiger partial charge in [0.1, 0.15) is 0 Å². The zero-order chi connectivity index (χ0) is 14.8. The number of sulfonamides is 1. The Morgan fingerprint density at radius 3 is 2.55 bits per heavy atom. The van der Waals surface area contributed by atoms with Gasteiger partial charge in [-0.1, -0.05) is 0 Å². The zero-order valence-corrected chi connectivity index (χ0v) is 12.2. The van der Waals surface area contributed by atoms with Gasteiger partial charge in [-0.05, 0) is 31.0 Å². The zero-order valence-electron chi connectivity index (χ0n) is 11.3. The second-order valence-corrected chi connectivity index (χ2v) is 6.98. The maximum absolute atomic E-state index is 11.4. The molecule has 1 aromatic rings. The van der Waals surface area contributed by atoms with Gasteiger partial charge in [-0.25, -0.2) is 12.7 Å². The molecule has 1 fully saturated rings. The van der Waals surface area contributed by atoms with Crippen molar-refractivity contribution in [3.05, 3.63) is 23.8 Å². The van der Waals surface area contributed by atoms with Crippen molar-refractivity contribution >= 4 is 21.4 Å². The van der Waals surface area contributed by atoms with Gasteiger partial charge >= 0.3 is 0 Å². The first-order valence-electron chi connectivity index (χ1n) is 6.41. The lowest BCUT2D eigenvalue weighted by molar-refractivity contribution is 0.332. The minimum absolute atomic E-state index is 0.197. The molecule has 0 aliphatic carbocycles. The van der Waals surface area contributed by atoms with E-state index in [0.717, 1.165) is 18.5 Å². The first-order valence-corrected chi connectivity index (χ1v) is 8.26. The SMILES string of the molecule is CS(=O)(=O)N1CCC(Nc2ccc(C#N)cc2N)CC1. The quantitative estimate of drug-likeness (QED) is 0.809. The van der Waals surface area contributed by atoms with E-state index in [0.29, 0.717) is 24.3 Å². The Bertz CT molecular complexity index is 628. The molecule has 2 rings (SSSR count). The molecule has 1 aromatic carbocycles. The number of nitrogens with one attached hydrogen (secondary N) is 1. The molecule has 1 saturated heterocycles. The van der Waals surface area contributed by atoms with Crippen molar-refractivity contribution in [2.45, 2.75) is 18.9 Å².